The molecule has 12 heteroatoms. The molecule has 31 heavy (non-hydrogen) atoms. The average Bonchev–Trinajstić information content (AvgIpc) is 3.25. The van der Waals surface area contributed by atoms with Crippen LogP contribution in [0.15, 0.2) is 18.5 Å². The highest BCUT2D eigenvalue weighted by molar-refractivity contribution is 6.33. The molecule has 4 rings (SSSR count). The zero-order chi connectivity index (χ0) is 22.7. The van der Waals surface area contributed by atoms with Gasteiger partial charge in [0.1, 0.15) is 23.8 Å². The van der Waals surface area contributed by atoms with Crippen LogP contribution < -0.4 is 4.74 Å². The topological polar surface area (TPSA) is 72.9 Å². The molecule has 0 spiro atoms. The standard InChI is InChI=1S/C19H16ClF5N4O2/c1-7-10(8-4-5-9(21)11(22)13(8)30-3)14(31-18(7,2)19(23,24)25)17-28-12-15(20)26-6-27-16(12)29-17/h4-7,10,14H,1-3H3,(H,26,27,28,29)/t7-,10-,14+,18+/m0/s1. The van der Waals surface area contributed by atoms with Crippen LogP contribution in [-0.4, -0.2) is 38.8 Å². The molecule has 1 fully saturated rings. The molecule has 2 aromatic heterocycles. The van der Waals surface area contributed by atoms with Gasteiger partial charge in [0, 0.05) is 17.4 Å². The Balaban J connectivity index is 1.93. The van der Waals surface area contributed by atoms with E-state index in [1.807, 2.05) is 0 Å². The molecule has 1 aliphatic rings. The Hall–Kier alpha value is -2.53. The molecule has 3 aromatic rings. The Labute approximate surface area is 177 Å². The highest BCUT2D eigenvalue weighted by Crippen LogP contribution is 2.59. The van der Waals surface area contributed by atoms with Crippen molar-refractivity contribution in [2.45, 2.75) is 37.6 Å². The fraction of sp³-hybridized carbons (Fsp3) is 0.421. The minimum atomic E-state index is -4.76. The van der Waals surface area contributed by atoms with Gasteiger partial charge in [-0.2, -0.15) is 17.6 Å². The number of hydrogen-bond acceptors (Lipinski definition) is 5. The molecule has 1 aromatic carbocycles. The maximum Gasteiger partial charge on any atom is 0.417 e. The van der Waals surface area contributed by atoms with Crippen LogP contribution >= 0.6 is 11.6 Å². The first-order valence-corrected chi connectivity index (χ1v) is 9.50. The molecule has 1 aliphatic heterocycles. The van der Waals surface area contributed by atoms with E-state index in [0.717, 1.165) is 26.4 Å². The lowest BCUT2D eigenvalue weighted by molar-refractivity contribution is -0.275. The lowest BCUT2D eigenvalue weighted by atomic mass is 9.77. The number of nitrogens with one attached hydrogen (secondary N) is 1. The van der Waals surface area contributed by atoms with Crippen molar-refractivity contribution in [3.8, 4) is 5.75 Å². The summed E-state index contributed by atoms with van der Waals surface area (Å²) in [5.74, 6) is -5.30. The van der Waals surface area contributed by atoms with Crippen LogP contribution in [0.3, 0.4) is 0 Å². The Bertz CT molecular complexity index is 1150. The Morgan fingerprint density at radius 2 is 1.94 bits per heavy atom. The van der Waals surface area contributed by atoms with E-state index in [2.05, 4.69) is 19.9 Å². The van der Waals surface area contributed by atoms with Crippen molar-refractivity contribution < 1.29 is 31.4 Å². The van der Waals surface area contributed by atoms with Crippen LogP contribution in [0, 0.1) is 17.6 Å². The van der Waals surface area contributed by atoms with Crippen LogP contribution in [0.1, 0.15) is 37.3 Å². The van der Waals surface area contributed by atoms with E-state index < -0.39 is 47.1 Å². The number of methoxy groups -OCH3 is 1. The van der Waals surface area contributed by atoms with E-state index in [1.54, 1.807) is 0 Å². The molecular weight excluding hydrogens is 447 g/mol. The highest BCUT2D eigenvalue weighted by Gasteiger charge is 2.65. The Morgan fingerprint density at radius 3 is 2.55 bits per heavy atom. The molecule has 6 nitrogen and oxygen atoms in total. The minimum absolute atomic E-state index is 0.00555. The summed E-state index contributed by atoms with van der Waals surface area (Å²) in [6.07, 6.45) is -4.91. The molecule has 0 bridgehead atoms. The van der Waals surface area contributed by atoms with Crippen molar-refractivity contribution >= 4 is 22.8 Å². The maximum absolute atomic E-state index is 14.4. The van der Waals surface area contributed by atoms with Gasteiger partial charge in [0.2, 0.25) is 5.82 Å². The predicted molar refractivity (Wildman–Crippen MR) is 99.8 cm³/mol. The van der Waals surface area contributed by atoms with E-state index >= 15 is 0 Å². The maximum atomic E-state index is 14.4. The third-order valence-corrected chi connectivity index (χ3v) is 6.13. The van der Waals surface area contributed by atoms with Gasteiger partial charge in [0.05, 0.1) is 7.11 Å². The molecule has 166 valence electrons. The Morgan fingerprint density at radius 1 is 1.23 bits per heavy atom. The third kappa shape index (κ3) is 3.21. The summed E-state index contributed by atoms with van der Waals surface area (Å²) in [4.78, 5) is 14.8. The number of imidazole rings is 1. The van der Waals surface area contributed by atoms with Crippen molar-refractivity contribution in [3.63, 3.8) is 0 Å². The molecular formula is C19H16ClF5N4O2. The molecule has 0 aliphatic carbocycles. The normalized spacial score (nSPS) is 26.5. The monoisotopic (exact) mass is 462 g/mol. The number of halogens is 6. The number of aromatic amines is 1. The second-order valence-electron chi connectivity index (χ2n) is 7.43. The third-order valence-electron chi connectivity index (χ3n) is 5.84. The van der Waals surface area contributed by atoms with Crippen molar-refractivity contribution in [1.82, 2.24) is 19.9 Å². The van der Waals surface area contributed by atoms with Gasteiger partial charge in [-0.15, -0.1) is 0 Å². The molecule has 0 amide bonds. The first kappa shape index (κ1) is 21.7. The lowest BCUT2D eigenvalue weighted by Gasteiger charge is -2.32. The quantitative estimate of drug-likeness (QED) is 0.433. The molecule has 4 atom stereocenters. The van der Waals surface area contributed by atoms with E-state index in [-0.39, 0.29) is 27.7 Å². The first-order valence-electron chi connectivity index (χ1n) is 9.12. The molecule has 0 saturated carbocycles. The average molecular weight is 463 g/mol. The van der Waals surface area contributed by atoms with Gasteiger partial charge in [-0.05, 0) is 13.0 Å². The van der Waals surface area contributed by atoms with Gasteiger partial charge in [-0.25, -0.2) is 19.3 Å². The van der Waals surface area contributed by atoms with Crippen molar-refractivity contribution in [3.05, 3.63) is 46.6 Å². The smallest absolute Gasteiger partial charge is 0.417 e. The van der Waals surface area contributed by atoms with Gasteiger partial charge in [0.25, 0.3) is 0 Å². The van der Waals surface area contributed by atoms with Gasteiger partial charge in [-0.3, -0.25) is 0 Å². The minimum Gasteiger partial charge on any atom is -0.493 e. The summed E-state index contributed by atoms with van der Waals surface area (Å²) in [5.41, 5.74) is -2.24. The van der Waals surface area contributed by atoms with Gasteiger partial charge in [-0.1, -0.05) is 24.6 Å². The van der Waals surface area contributed by atoms with Crippen LogP contribution in [0.4, 0.5) is 22.0 Å². The van der Waals surface area contributed by atoms with Gasteiger partial charge < -0.3 is 14.5 Å². The molecule has 0 radical (unpaired) electrons. The summed E-state index contributed by atoms with van der Waals surface area (Å²) in [6.45, 7) is 2.24. The first-order chi connectivity index (χ1) is 14.5. The molecule has 1 N–H and O–H groups in total. The van der Waals surface area contributed by atoms with Crippen molar-refractivity contribution in [2.24, 2.45) is 5.92 Å². The van der Waals surface area contributed by atoms with E-state index in [0.29, 0.717) is 0 Å². The number of ether oxygens (including phenoxy) is 2. The van der Waals surface area contributed by atoms with Gasteiger partial charge >= 0.3 is 6.18 Å². The number of fused-ring (bicyclic) bond motifs is 1. The second kappa shape index (κ2) is 7.27. The highest BCUT2D eigenvalue weighted by atomic mass is 35.5. The molecule has 0 unspecified atom stereocenters. The number of nitrogens with zero attached hydrogens (tertiary/aromatic N) is 3. The second-order valence-corrected chi connectivity index (χ2v) is 7.78. The summed E-state index contributed by atoms with van der Waals surface area (Å²) in [5, 5.41) is 0.0235. The molecule has 3 heterocycles. The summed E-state index contributed by atoms with van der Waals surface area (Å²) >= 11 is 6.02. The van der Waals surface area contributed by atoms with Gasteiger partial charge in [0.15, 0.2) is 28.0 Å². The van der Waals surface area contributed by atoms with Crippen LogP contribution in [0.5, 0.6) is 5.75 Å². The zero-order valence-electron chi connectivity index (χ0n) is 16.4. The van der Waals surface area contributed by atoms with E-state index in [9.17, 15) is 22.0 Å². The number of aromatic nitrogens is 4. The Kier molecular flexibility index (Phi) is 5.08. The van der Waals surface area contributed by atoms with Crippen LogP contribution in [-0.2, 0) is 4.74 Å². The van der Waals surface area contributed by atoms with Crippen molar-refractivity contribution in [2.75, 3.05) is 7.11 Å². The number of rotatable bonds is 3. The van der Waals surface area contributed by atoms with Crippen LogP contribution in [0.25, 0.3) is 11.2 Å². The number of H-pyrrole nitrogens is 1. The summed E-state index contributed by atoms with van der Waals surface area (Å²) in [6, 6.07) is 2.02. The summed E-state index contributed by atoms with van der Waals surface area (Å²) in [7, 11) is 1.11. The summed E-state index contributed by atoms with van der Waals surface area (Å²) < 4.78 is 80.7. The van der Waals surface area contributed by atoms with E-state index in [4.69, 9.17) is 21.1 Å². The SMILES string of the molecule is COc1c([C@H]2[C@H](c3nc4ncnc(Cl)c4[nH]3)O[C@@](C)(C(F)(F)F)[C@H]2C)ccc(F)c1F. The van der Waals surface area contributed by atoms with Crippen molar-refractivity contribution in [1.29, 1.82) is 0 Å². The predicted octanol–water partition coefficient (Wildman–Crippen LogP) is 5.11. The largest absolute Gasteiger partial charge is 0.493 e. The van der Waals surface area contributed by atoms with E-state index in [1.165, 1.54) is 13.0 Å². The van der Waals surface area contributed by atoms with Crippen LogP contribution in [0.2, 0.25) is 5.15 Å². The number of hydrogen-bond donors (Lipinski definition) is 1. The fourth-order valence-corrected chi connectivity index (χ4v) is 4.18. The zero-order valence-corrected chi connectivity index (χ0v) is 17.1. The fourth-order valence-electron chi connectivity index (χ4n) is 4.00. The number of alkyl halides is 3. The number of benzene rings is 1. The molecule has 1 saturated heterocycles. The lowest BCUT2D eigenvalue weighted by Crippen LogP contribution is -2.46.